The first-order valence-electron chi connectivity index (χ1n) is 7.93. The molecule has 1 heterocycles. The number of fused-ring (bicyclic) bond motifs is 1. The maximum atomic E-state index is 13.0. The maximum Gasteiger partial charge on any atom is 0.195 e. The van der Waals surface area contributed by atoms with Crippen LogP contribution in [0.1, 0.15) is 36.8 Å². The zero-order valence-corrected chi connectivity index (χ0v) is 14.2. The number of ketones is 1. The van der Waals surface area contributed by atoms with Crippen LogP contribution in [-0.4, -0.2) is 10.9 Å². The minimum atomic E-state index is -0.424. The lowest BCUT2D eigenvalue weighted by Crippen LogP contribution is -2.17. The molecule has 1 N–H and O–H groups in total. The average molecular weight is 338 g/mol. The molecule has 0 aliphatic heterocycles. The SMILES string of the molecule is CCC(=O)C[C@H](c1ccccc1)c1c(O)sc2ccccc2c1=O. The molecule has 24 heavy (non-hydrogen) atoms. The molecule has 4 heteroatoms. The minimum Gasteiger partial charge on any atom is -0.499 e. The van der Waals surface area contributed by atoms with Gasteiger partial charge in [-0.3, -0.25) is 9.59 Å². The van der Waals surface area contributed by atoms with Crippen LogP contribution >= 0.6 is 11.3 Å². The second-order valence-corrected chi connectivity index (χ2v) is 6.74. The number of aromatic hydroxyl groups is 1. The highest BCUT2D eigenvalue weighted by molar-refractivity contribution is 7.20. The van der Waals surface area contributed by atoms with Crippen LogP contribution in [0.15, 0.2) is 59.4 Å². The molecule has 3 rings (SSSR count). The van der Waals surface area contributed by atoms with Crippen molar-refractivity contribution in [1.82, 2.24) is 0 Å². The molecule has 2 aromatic carbocycles. The number of rotatable bonds is 5. The Kier molecular flexibility index (Phi) is 4.76. The molecule has 0 radical (unpaired) electrons. The van der Waals surface area contributed by atoms with Crippen LogP contribution in [0.5, 0.6) is 5.06 Å². The molecule has 0 spiro atoms. The monoisotopic (exact) mass is 338 g/mol. The lowest BCUT2D eigenvalue weighted by Gasteiger charge is -2.18. The van der Waals surface area contributed by atoms with Crippen molar-refractivity contribution in [1.29, 1.82) is 0 Å². The highest BCUT2D eigenvalue weighted by atomic mass is 32.1. The van der Waals surface area contributed by atoms with Crippen LogP contribution in [0, 0.1) is 0 Å². The van der Waals surface area contributed by atoms with E-state index in [0.717, 1.165) is 10.3 Å². The van der Waals surface area contributed by atoms with Gasteiger partial charge in [0.2, 0.25) is 0 Å². The van der Waals surface area contributed by atoms with Gasteiger partial charge in [-0.15, -0.1) is 0 Å². The summed E-state index contributed by atoms with van der Waals surface area (Å²) in [7, 11) is 0. The first-order chi connectivity index (χ1) is 11.6. The number of carbonyl (C=O) groups excluding carboxylic acids is 1. The van der Waals surface area contributed by atoms with E-state index in [0.29, 0.717) is 17.4 Å². The minimum absolute atomic E-state index is 0.00328. The summed E-state index contributed by atoms with van der Waals surface area (Å²) in [6, 6.07) is 16.7. The first kappa shape index (κ1) is 16.4. The van der Waals surface area contributed by atoms with Gasteiger partial charge < -0.3 is 5.11 Å². The van der Waals surface area contributed by atoms with Crippen molar-refractivity contribution >= 4 is 27.2 Å². The lowest BCUT2D eigenvalue weighted by atomic mass is 9.87. The average Bonchev–Trinajstić information content (AvgIpc) is 2.61. The second kappa shape index (κ2) is 6.97. The summed E-state index contributed by atoms with van der Waals surface area (Å²) in [5.74, 6) is -0.354. The second-order valence-electron chi connectivity index (χ2n) is 5.71. The van der Waals surface area contributed by atoms with E-state index in [1.807, 2.05) is 55.5 Å². The molecule has 3 aromatic rings. The van der Waals surface area contributed by atoms with E-state index in [4.69, 9.17) is 0 Å². The van der Waals surface area contributed by atoms with E-state index in [1.165, 1.54) is 11.3 Å². The van der Waals surface area contributed by atoms with Crippen LogP contribution in [0.25, 0.3) is 10.1 Å². The first-order valence-corrected chi connectivity index (χ1v) is 8.74. The normalized spacial score (nSPS) is 12.2. The summed E-state index contributed by atoms with van der Waals surface area (Å²) < 4.78 is 0.748. The molecule has 0 aliphatic carbocycles. The quantitative estimate of drug-likeness (QED) is 0.747. The molecule has 3 nitrogen and oxygen atoms in total. The Labute approximate surface area is 144 Å². The van der Waals surface area contributed by atoms with Crippen LogP contribution in [-0.2, 0) is 4.79 Å². The largest absolute Gasteiger partial charge is 0.499 e. The van der Waals surface area contributed by atoms with Crippen molar-refractivity contribution in [3.8, 4) is 5.06 Å². The summed E-state index contributed by atoms with van der Waals surface area (Å²) in [6.45, 7) is 1.81. The van der Waals surface area contributed by atoms with E-state index in [1.54, 1.807) is 6.07 Å². The molecule has 0 bridgehead atoms. The highest BCUT2D eigenvalue weighted by Crippen LogP contribution is 2.37. The molecule has 0 amide bonds. The van der Waals surface area contributed by atoms with Gasteiger partial charge in [0.1, 0.15) is 5.78 Å². The Morgan fingerprint density at radius 1 is 1.08 bits per heavy atom. The van der Waals surface area contributed by atoms with Crippen molar-refractivity contribution in [2.24, 2.45) is 0 Å². The van der Waals surface area contributed by atoms with Crippen LogP contribution in [0.2, 0.25) is 0 Å². The van der Waals surface area contributed by atoms with E-state index >= 15 is 0 Å². The van der Waals surface area contributed by atoms with E-state index in [-0.39, 0.29) is 22.7 Å². The number of hydrogen-bond acceptors (Lipinski definition) is 4. The third kappa shape index (κ3) is 3.10. The molecule has 0 aliphatic rings. The van der Waals surface area contributed by atoms with E-state index in [9.17, 15) is 14.7 Å². The number of carbonyl (C=O) groups is 1. The highest BCUT2D eigenvalue weighted by Gasteiger charge is 2.25. The predicted octanol–water partition coefficient (Wildman–Crippen LogP) is 4.47. The standard InChI is InChI=1S/C20H18O3S/c1-2-14(21)12-16(13-8-4-3-5-9-13)18-19(22)15-10-6-7-11-17(15)24-20(18)23/h3-11,16,23H,2,12H2,1H3/t16-/m1/s1. The fraction of sp³-hybridized carbons (Fsp3) is 0.200. The summed E-state index contributed by atoms with van der Waals surface area (Å²) in [5.41, 5.74) is 1.00. The maximum absolute atomic E-state index is 13.0. The molecule has 0 saturated heterocycles. The summed E-state index contributed by atoms with van der Waals surface area (Å²) in [6.07, 6.45) is 0.629. The number of hydrogen-bond donors (Lipinski definition) is 1. The Balaban J connectivity index is 2.23. The number of benzene rings is 2. The summed E-state index contributed by atoms with van der Waals surface area (Å²) in [4.78, 5) is 25.0. The van der Waals surface area contributed by atoms with Crippen molar-refractivity contribution in [2.75, 3.05) is 0 Å². The van der Waals surface area contributed by atoms with Crippen LogP contribution < -0.4 is 5.43 Å². The zero-order valence-electron chi connectivity index (χ0n) is 13.4. The Bertz CT molecular complexity index is 929. The Morgan fingerprint density at radius 2 is 1.75 bits per heavy atom. The smallest absolute Gasteiger partial charge is 0.195 e. The van der Waals surface area contributed by atoms with Crippen molar-refractivity contribution in [3.63, 3.8) is 0 Å². The lowest BCUT2D eigenvalue weighted by molar-refractivity contribution is -0.118. The molecular weight excluding hydrogens is 320 g/mol. The van der Waals surface area contributed by atoms with Crippen LogP contribution in [0.4, 0.5) is 0 Å². The Morgan fingerprint density at radius 3 is 2.46 bits per heavy atom. The van der Waals surface area contributed by atoms with Crippen LogP contribution in [0.3, 0.4) is 0 Å². The van der Waals surface area contributed by atoms with Crippen molar-refractivity contribution in [3.05, 3.63) is 75.9 Å². The number of Topliss-reactive ketones (excluding diaryl/α,β-unsaturated/α-hetero) is 1. The third-order valence-electron chi connectivity index (χ3n) is 4.19. The van der Waals surface area contributed by atoms with Gasteiger partial charge in [0.15, 0.2) is 10.5 Å². The van der Waals surface area contributed by atoms with E-state index < -0.39 is 5.92 Å². The predicted molar refractivity (Wildman–Crippen MR) is 98.0 cm³/mol. The van der Waals surface area contributed by atoms with Crippen molar-refractivity contribution in [2.45, 2.75) is 25.7 Å². The summed E-state index contributed by atoms with van der Waals surface area (Å²) in [5, 5.41) is 11.1. The molecule has 0 saturated carbocycles. The fourth-order valence-electron chi connectivity index (χ4n) is 2.90. The summed E-state index contributed by atoms with van der Waals surface area (Å²) >= 11 is 1.18. The molecular formula is C20H18O3S. The molecule has 122 valence electrons. The van der Waals surface area contributed by atoms with Gasteiger partial charge >= 0.3 is 0 Å². The fourth-order valence-corrected chi connectivity index (χ4v) is 3.87. The van der Waals surface area contributed by atoms with Gasteiger partial charge in [0, 0.05) is 28.8 Å². The molecule has 0 fully saturated rings. The van der Waals surface area contributed by atoms with Gasteiger partial charge in [-0.05, 0) is 17.7 Å². The van der Waals surface area contributed by atoms with Gasteiger partial charge in [-0.2, -0.15) is 0 Å². The van der Waals surface area contributed by atoms with Crippen molar-refractivity contribution < 1.29 is 9.90 Å². The molecule has 0 unspecified atom stereocenters. The van der Waals surface area contributed by atoms with Gasteiger partial charge in [0.05, 0.1) is 5.56 Å². The zero-order chi connectivity index (χ0) is 17.1. The molecule has 1 aromatic heterocycles. The Hall–Kier alpha value is -2.46. The third-order valence-corrected chi connectivity index (χ3v) is 5.18. The topological polar surface area (TPSA) is 54.4 Å². The van der Waals surface area contributed by atoms with Gasteiger partial charge in [-0.1, -0.05) is 60.7 Å². The molecule has 1 atom stereocenters. The van der Waals surface area contributed by atoms with Gasteiger partial charge in [0.25, 0.3) is 0 Å². The van der Waals surface area contributed by atoms with E-state index in [2.05, 4.69) is 0 Å². The van der Waals surface area contributed by atoms with Gasteiger partial charge in [-0.25, -0.2) is 0 Å².